The van der Waals surface area contributed by atoms with Crippen LogP contribution in [0.2, 0.25) is 0 Å². The minimum absolute atomic E-state index is 0.0631. The first kappa shape index (κ1) is 17.6. The average Bonchev–Trinajstić information content (AvgIpc) is 3.16. The lowest BCUT2D eigenvalue weighted by Gasteiger charge is -2.28. The highest BCUT2D eigenvalue weighted by molar-refractivity contribution is 5.96. The molecule has 1 aliphatic heterocycles. The molecule has 1 aliphatic rings. The molecule has 29 heavy (non-hydrogen) atoms. The van der Waals surface area contributed by atoms with Gasteiger partial charge in [0.05, 0.1) is 0 Å². The Kier molecular flexibility index (Phi) is 4.53. The molecule has 0 atom stereocenters. The highest BCUT2D eigenvalue weighted by Gasteiger charge is 2.26. The quantitative estimate of drug-likeness (QED) is 0.543. The van der Waals surface area contributed by atoms with E-state index in [1.54, 1.807) is 0 Å². The summed E-state index contributed by atoms with van der Waals surface area (Å²) in [4.78, 5) is 18.8. The molecule has 0 aliphatic carbocycles. The molecule has 3 aromatic carbocycles. The van der Waals surface area contributed by atoms with Gasteiger partial charge in [0.15, 0.2) is 0 Å². The molecular weight excluding hydrogens is 360 g/mol. The Morgan fingerprint density at radius 1 is 0.931 bits per heavy atom. The Bertz CT molecular complexity index is 1160. The van der Waals surface area contributed by atoms with Crippen LogP contribution in [0.5, 0.6) is 5.75 Å². The number of aromatic amines is 1. The molecule has 2 heterocycles. The van der Waals surface area contributed by atoms with Crippen molar-refractivity contribution in [2.75, 3.05) is 6.54 Å². The zero-order chi connectivity index (χ0) is 19.6. The molecule has 0 spiro atoms. The molecule has 4 heteroatoms. The van der Waals surface area contributed by atoms with Gasteiger partial charge in [0, 0.05) is 52.8 Å². The zero-order valence-corrected chi connectivity index (χ0v) is 16.1. The Hall–Kier alpha value is -3.53. The molecule has 1 amide bonds. The number of ether oxygens (including phenoxy) is 1. The topological polar surface area (TPSA) is 45.3 Å². The molecule has 0 saturated heterocycles. The number of nitrogens with one attached hydrogen (secondary N) is 1. The van der Waals surface area contributed by atoms with E-state index in [0.717, 1.165) is 23.3 Å². The van der Waals surface area contributed by atoms with Gasteiger partial charge >= 0.3 is 0 Å². The minimum atomic E-state index is 0.0631. The number of nitrogens with zero attached hydrogens (tertiary/aromatic N) is 1. The van der Waals surface area contributed by atoms with Crippen LogP contribution in [0, 0.1) is 0 Å². The fraction of sp³-hybridized carbons (Fsp3) is 0.160. The molecule has 1 aromatic heterocycles. The molecular formula is C25H22N2O2. The van der Waals surface area contributed by atoms with Crippen LogP contribution in [0.3, 0.4) is 0 Å². The molecule has 5 rings (SSSR count). The predicted octanol–water partition coefficient (Wildman–Crippen LogP) is 4.95. The monoisotopic (exact) mass is 382 g/mol. The van der Waals surface area contributed by atoms with Crippen molar-refractivity contribution in [3.8, 4) is 5.75 Å². The van der Waals surface area contributed by atoms with Crippen molar-refractivity contribution in [2.24, 2.45) is 0 Å². The van der Waals surface area contributed by atoms with Crippen LogP contribution >= 0.6 is 0 Å². The lowest BCUT2D eigenvalue weighted by atomic mass is 10.0. The first-order valence-corrected chi connectivity index (χ1v) is 9.93. The van der Waals surface area contributed by atoms with Crippen LogP contribution in [0.4, 0.5) is 0 Å². The number of aromatic nitrogens is 1. The molecule has 0 radical (unpaired) electrons. The number of carbonyl (C=O) groups is 1. The number of rotatable bonds is 4. The number of fused-ring (bicyclic) bond motifs is 3. The summed E-state index contributed by atoms with van der Waals surface area (Å²) in [6.07, 6.45) is 0.846. The van der Waals surface area contributed by atoms with Crippen LogP contribution in [0.25, 0.3) is 10.9 Å². The van der Waals surface area contributed by atoms with Gasteiger partial charge in [-0.1, -0.05) is 54.6 Å². The standard InChI is InChI=1S/C25H22N2O2/c28-25(20-11-5-4-8-18(20)17-29-19-9-2-1-3-10-19)27-15-14-24-22(16-27)21-12-6-7-13-23(21)26-24/h1-13,26H,14-17H2. The van der Waals surface area contributed by atoms with E-state index in [9.17, 15) is 4.79 Å². The summed E-state index contributed by atoms with van der Waals surface area (Å²) in [5, 5.41) is 1.21. The van der Waals surface area contributed by atoms with E-state index in [1.807, 2.05) is 71.6 Å². The smallest absolute Gasteiger partial charge is 0.254 e. The van der Waals surface area contributed by atoms with E-state index in [2.05, 4.69) is 17.1 Å². The van der Waals surface area contributed by atoms with Gasteiger partial charge in [-0.15, -0.1) is 0 Å². The summed E-state index contributed by atoms with van der Waals surface area (Å²) in [7, 11) is 0. The van der Waals surface area contributed by atoms with E-state index in [1.165, 1.54) is 16.6 Å². The van der Waals surface area contributed by atoms with Gasteiger partial charge in [-0.3, -0.25) is 4.79 Å². The van der Waals surface area contributed by atoms with E-state index in [-0.39, 0.29) is 5.91 Å². The van der Waals surface area contributed by atoms with Crippen LogP contribution in [0.1, 0.15) is 27.2 Å². The normalized spacial score (nSPS) is 13.3. The maximum Gasteiger partial charge on any atom is 0.254 e. The van der Waals surface area contributed by atoms with E-state index in [4.69, 9.17) is 4.74 Å². The van der Waals surface area contributed by atoms with Crippen molar-refractivity contribution in [3.05, 3.63) is 101 Å². The number of H-pyrrole nitrogens is 1. The maximum absolute atomic E-state index is 13.4. The molecule has 0 saturated carbocycles. The van der Waals surface area contributed by atoms with Crippen molar-refractivity contribution in [1.82, 2.24) is 9.88 Å². The van der Waals surface area contributed by atoms with Gasteiger partial charge in [-0.05, 0) is 24.3 Å². The molecule has 144 valence electrons. The van der Waals surface area contributed by atoms with Crippen LogP contribution in [-0.2, 0) is 19.6 Å². The second-order valence-electron chi connectivity index (χ2n) is 7.36. The number of carbonyl (C=O) groups excluding carboxylic acids is 1. The summed E-state index contributed by atoms with van der Waals surface area (Å²) in [6.45, 7) is 1.72. The average molecular weight is 382 g/mol. The van der Waals surface area contributed by atoms with Gasteiger partial charge < -0.3 is 14.6 Å². The van der Waals surface area contributed by atoms with Crippen molar-refractivity contribution in [3.63, 3.8) is 0 Å². The second-order valence-corrected chi connectivity index (χ2v) is 7.36. The second kappa shape index (κ2) is 7.47. The summed E-state index contributed by atoms with van der Waals surface area (Å²) in [6, 6.07) is 25.7. The number of hydrogen-bond donors (Lipinski definition) is 1. The summed E-state index contributed by atoms with van der Waals surface area (Å²) < 4.78 is 5.90. The number of amides is 1. The van der Waals surface area contributed by atoms with Crippen molar-refractivity contribution in [2.45, 2.75) is 19.6 Å². The van der Waals surface area contributed by atoms with Gasteiger partial charge in [0.25, 0.3) is 5.91 Å². The third-order valence-corrected chi connectivity index (χ3v) is 5.56. The van der Waals surface area contributed by atoms with E-state index >= 15 is 0 Å². The first-order valence-electron chi connectivity index (χ1n) is 9.93. The molecule has 4 aromatic rings. The predicted molar refractivity (Wildman–Crippen MR) is 114 cm³/mol. The Morgan fingerprint density at radius 3 is 2.59 bits per heavy atom. The molecule has 0 fully saturated rings. The summed E-state index contributed by atoms with van der Waals surface area (Å²) in [5.41, 5.74) is 5.25. The highest BCUT2D eigenvalue weighted by atomic mass is 16.5. The van der Waals surface area contributed by atoms with E-state index < -0.39 is 0 Å². The van der Waals surface area contributed by atoms with Gasteiger partial charge in [-0.25, -0.2) is 0 Å². The van der Waals surface area contributed by atoms with Gasteiger partial charge in [0.1, 0.15) is 12.4 Å². The summed E-state index contributed by atoms with van der Waals surface area (Å²) in [5.74, 6) is 0.865. The SMILES string of the molecule is O=C(c1ccccc1COc1ccccc1)N1CCc2[nH]c3ccccc3c2C1. The molecule has 1 N–H and O–H groups in total. The maximum atomic E-state index is 13.4. The number of para-hydroxylation sites is 2. The van der Waals surface area contributed by atoms with Crippen LogP contribution < -0.4 is 4.74 Å². The van der Waals surface area contributed by atoms with Crippen LogP contribution in [0.15, 0.2) is 78.9 Å². The highest BCUT2D eigenvalue weighted by Crippen LogP contribution is 2.28. The first-order chi connectivity index (χ1) is 14.3. The Morgan fingerprint density at radius 2 is 1.69 bits per heavy atom. The Balaban J connectivity index is 1.38. The minimum Gasteiger partial charge on any atom is -0.489 e. The van der Waals surface area contributed by atoms with Crippen molar-refractivity contribution in [1.29, 1.82) is 0 Å². The fourth-order valence-corrected chi connectivity index (χ4v) is 4.04. The van der Waals surface area contributed by atoms with Crippen LogP contribution in [-0.4, -0.2) is 22.3 Å². The zero-order valence-electron chi connectivity index (χ0n) is 16.1. The number of hydrogen-bond acceptors (Lipinski definition) is 2. The van der Waals surface area contributed by atoms with Gasteiger partial charge in [0.2, 0.25) is 0 Å². The lowest BCUT2D eigenvalue weighted by Crippen LogP contribution is -2.36. The van der Waals surface area contributed by atoms with E-state index in [0.29, 0.717) is 25.3 Å². The molecule has 0 bridgehead atoms. The third-order valence-electron chi connectivity index (χ3n) is 5.56. The lowest BCUT2D eigenvalue weighted by molar-refractivity contribution is 0.0732. The summed E-state index contributed by atoms with van der Waals surface area (Å²) >= 11 is 0. The van der Waals surface area contributed by atoms with Crippen molar-refractivity contribution >= 4 is 16.8 Å². The fourth-order valence-electron chi connectivity index (χ4n) is 4.04. The third kappa shape index (κ3) is 3.38. The Labute approximate surface area is 169 Å². The van der Waals surface area contributed by atoms with Gasteiger partial charge in [-0.2, -0.15) is 0 Å². The largest absolute Gasteiger partial charge is 0.489 e. The van der Waals surface area contributed by atoms with Crippen molar-refractivity contribution < 1.29 is 9.53 Å². The number of benzene rings is 3. The molecule has 0 unspecified atom stereocenters. The molecule has 4 nitrogen and oxygen atoms in total.